The van der Waals surface area contributed by atoms with Crippen LogP contribution in [0, 0.1) is 6.92 Å². The van der Waals surface area contributed by atoms with Gasteiger partial charge in [-0.3, -0.25) is 4.79 Å². The lowest BCUT2D eigenvalue weighted by Crippen LogP contribution is -2.49. The third-order valence-corrected chi connectivity index (χ3v) is 6.84. The molecule has 1 saturated heterocycles. The Balaban J connectivity index is 2.14. The van der Waals surface area contributed by atoms with E-state index in [2.05, 4.69) is 4.72 Å². The fourth-order valence-electron chi connectivity index (χ4n) is 3.13. The highest BCUT2D eigenvalue weighted by Crippen LogP contribution is 2.16. The third kappa shape index (κ3) is 6.28. The maximum atomic E-state index is 13.0. The molecule has 0 radical (unpaired) electrons. The molecule has 0 saturated carbocycles. The summed E-state index contributed by atoms with van der Waals surface area (Å²) in [4.78, 5) is 15.1. The second-order valence-electron chi connectivity index (χ2n) is 6.86. The molecular formula is C19H30N2O3S2. The molecule has 0 aromatic heterocycles. The fraction of sp³-hybridized carbons (Fsp3) is 0.632. The number of carbonyl (C=O) groups excluding carboxylic acids is 1. The minimum absolute atomic E-state index is 0.0864. The minimum Gasteiger partial charge on any atom is -0.341 e. The standard InChI is InChI=1S/C19H30N2O3S2/c1-16-8-10-17(11-9-16)26(23,24)20-18(12-15-25-2)19(22)21-13-6-4-3-5-7-14-21/h8-11,18,20H,3-7,12-15H2,1-2H3/t18-/m1/s1. The van der Waals surface area contributed by atoms with Crippen molar-refractivity contribution in [2.75, 3.05) is 25.1 Å². The maximum Gasteiger partial charge on any atom is 0.241 e. The van der Waals surface area contributed by atoms with Gasteiger partial charge in [-0.15, -0.1) is 0 Å². The van der Waals surface area contributed by atoms with Gasteiger partial charge in [0, 0.05) is 13.1 Å². The van der Waals surface area contributed by atoms with Crippen molar-refractivity contribution in [3.63, 3.8) is 0 Å². The maximum absolute atomic E-state index is 13.0. The fourth-order valence-corrected chi connectivity index (χ4v) is 4.82. The van der Waals surface area contributed by atoms with Gasteiger partial charge in [-0.1, -0.05) is 37.0 Å². The van der Waals surface area contributed by atoms with Crippen LogP contribution in [-0.2, 0) is 14.8 Å². The third-order valence-electron chi connectivity index (χ3n) is 4.71. The number of hydrogen-bond acceptors (Lipinski definition) is 4. The van der Waals surface area contributed by atoms with Crippen LogP contribution in [0.5, 0.6) is 0 Å². The van der Waals surface area contributed by atoms with Crippen molar-refractivity contribution in [2.24, 2.45) is 0 Å². The number of benzene rings is 1. The van der Waals surface area contributed by atoms with Gasteiger partial charge in [0.05, 0.1) is 4.90 Å². The predicted octanol–water partition coefficient (Wildman–Crippen LogP) is 3.19. The van der Waals surface area contributed by atoms with E-state index >= 15 is 0 Å². The normalized spacial score (nSPS) is 17.4. The number of hydrogen-bond donors (Lipinski definition) is 1. The van der Waals surface area contributed by atoms with Gasteiger partial charge in [-0.25, -0.2) is 8.42 Å². The molecule has 1 atom stereocenters. The zero-order valence-electron chi connectivity index (χ0n) is 15.7. The van der Waals surface area contributed by atoms with E-state index in [0.717, 1.165) is 50.1 Å². The molecule has 0 unspecified atom stereocenters. The number of nitrogens with one attached hydrogen (secondary N) is 1. The molecule has 0 bridgehead atoms. The quantitative estimate of drug-likeness (QED) is 0.766. The molecule has 1 aliphatic heterocycles. The number of aryl methyl sites for hydroxylation is 1. The van der Waals surface area contributed by atoms with Crippen molar-refractivity contribution < 1.29 is 13.2 Å². The Morgan fingerprint density at radius 1 is 1.12 bits per heavy atom. The minimum atomic E-state index is -3.71. The molecule has 146 valence electrons. The number of amides is 1. The summed E-state index contributed by atoms with van der Waals surface area (Å²) in [5.41, 5.74) is 1.000. The van der Waals surface area contributed by atoms with Crippen LogP contribution in [0.15, 0.2) is 29.2 Å². The van der Waals surface area contributed by atoms with Crippen molar-refractivity contribution in [3.8, 4) is 0 Å². The smallest absolute Gasteiger partial charge is 0.241 e. The molecule has 1 fully saturated rings. The molecule has 1 aliphatic rings. The lowest BCUT2D eigenvalue weighted by Gasteiger charge is -2.29. The monoisotopic (exact) mass is 398 g/mol. The van der Waals surface area contributed by atoms with Crippen molar-refractivity contribution in [1.82, 2.24) is 9.62 Å². The first-order chi connectivity index (χ1) is 12.4. The first-order valence-corrected chi connectivity index (χ1v) is 12.2. The molecular weight excluding hydrogens is 368 g/mol. The van der Waals surface area contributed by atoms with E-state index in [0.29, 0.717) is 6.42 Å². The average Bonchev–Trinajstić information content (AvgIpc) is 2.58. The van der Waals surface area contributed by atoms with Crippen molar-refractivity contribution in [1.29, 1.82) is 0 Å². The Kier molecular flexibility index (Phi) is 8.44. The van der Waals surface area contributed by atoms with E-state index in [9.17, 15) is 13.2 Å². The molecule has 1 amide bonds. The van der Waals surface area contributed by atoms with Gasteiger partial charge >= 0.3 is 0 Å². The van der Waals surface area contributed by atoms with E-state index in [1.807, 2.05) is 18.1 Å². The highest BCUT2D eigenvalue weighted by molar-refractivity contribution is 7.98. The Morgan fingerprint density at radius 2 is 1.69 bits per heavy atom. The number of nitrogens with zero attached hydrogens (tertiary/aromatic N) is 1. The van der Waals surface area contributed by atoms with Crippen molar-refractivity contribution >= 4 is 27.7 Å². The Hall–Kier alpha value is -1.05. The Morgan fingerprint density at radius 3 is 2.27 bits per heavy atom. The number of thioether (sulfide) groups is 1. The molecule has 1 aromatic rings. The lowest BCUT2D eigenvalue weighted by atomic mass is 10.1. The highest BCUT2D eigenvalue weighted by atomic mass is 32.2. The van der Waals surface area contributed by atoms with Crippen LogP contribution >= 0.6 is 11.8 Å². The largest absolute Gasteiger partial charge is 0.341 e. The predicted molar refractivity (Wildman–Crippen MR) is 108 cm³/mol. The van der Waals surface area contributed by atoms with E-state index < -0.39 is 16.1 Å². The zero-order valence-corrected chi connectivity index (χ0v) is 17.4. The first-order valence-electron chi connectivity index (χ1n) is 9.31. The summed E-state index contributed by atoms with van der Waals surface area (Å²) in [6.45, 7) is 3.36. The van der Waals surface area contributed by atoms with Gasteiger partial charge in [-0.05, 0) is 50.3 Å². The van der Waals surface area contributed by atoms with Crippen molar-refractivity contribution in [2.45, 2.75) is 56.4 Å². The summed E-state index contributed by atoms with van der Waals surface area (Å²) in [6.07, 6.45) is 7.94. The van der Waals surface area contributed by atoms with Crippen LogP contribution < -0.4 is 4.72 Å². The summed E-state index contributed by atoms with van der Waals surface area (Å²) in [7, 11) is -3.71. The zero-order chi connectivity index (χ0) is 19.0. The van der Waals surface area contributed by atoms with Gasteiger partial charge in [0.25, 0.3) is 0 Å². The second kappa shape index (κ2) is 10.3. The number of sulfonamides is 1. The van der Waals surface area contributed by atoms with Crippen molar-refractivity contribution in [3.05, 3.63) is 29.8 Å². The van der Waals surface area contributed by atoms with Gasteiger partial charge in [0.2, 0.25) is 15.9 Å². The van der Waals surface area contributed by atoms with E-state index in [1.165, 1.54) is 6.42 Å². The summed E-state index contributed by atoms with van der Waals surface area (Å²) < 4.78 is 28.1. The molecule has 2 rings (SSSR count). The molecule has 1 N–H and O–H groups in total. The van der Waals surface area contributed by atoms with Crippen LogP contribution in [-0.4, -0.2) is 50.4 Å². The highest BCUT2D eigenvalue weighted by Gasteiger charge is 2.29. The second-order valence-corrected chi connectivity index (χ2v) is 9.56. The van der Waals surface area contributed by atoms with Crippen LogP contribution in [0.25, 0.3) is 0 Å². The molecule has 7 heteroatoms. The molecule has 0 aliphatic carbocycles. The van der Waals surface area contributed by atoms with Crippen LogP contribution in [0.3, 0.4) is 0 Å². The molecule has 26 heavy (non-hydrogen) atoms. The number of likely N-dealkylation sites (tertiary alicyclic amines) is 1. The molecule has 0 spiro atoms. The van der Waals surface area contributed by atoms with Crippen LogP contribution in [0.4, 0.5) is 0 Å². The number of carbonyl (C=O) groups is 1. The SMILES string of the molecule is CSCC[C@@H](NS(=O)(=O)c1ccc(C)cc1)C(=O)N1CCCCCCC1. The number of rotatable bonds is 7. The lowest BCUT2D eigenvalue weighted by molar-refractivity contribution is -0.133. The van der Waals surface area contributed by atoms with Crippen LogP contribution in [0.1, 0.15) is 44.1 Å². The van der Waals surface area contributed by atoms with Gasteiger partial charge in [0.15, 0.2) is 0 Å². The van der Waals surface area contributed by atoms with Gasteiger partial charge in [-0.2, -0.15) is 16.5 Å². The topological polar surface area (TPSA) is 66.5 Å². The Labute approximate surface area is 162 Å². The van der Waals surface area contributed by atoms with E-state index in [4.69, 9.17) is 0 Å². The van der Waals surface area contributed by atoms with Gasteiger partial charge < -0.3 is 4.90 Å². The Bertz CT molecular complexity index is 667. The molecule has 1 heterocycles. The first kappa shape index (κ1) is 21.3. The summed E-state index contributed by atoms with van der Waals surface area (Å²) in [5, 5.41) is 0. The van der Waals surface area contributed by atoms with Crippen LogP contribution in [0.2, 0.25) is 0 Å². The van der Waals surface area contributed by atoms with Gasteiger partial charge in [0.1, 0.15) is 6.04 Å². The van der Waals surface area contributed by atoms with E-state index in [-0.39, 0.29) is 10.8 Å². The summed E-state index contributed by atoms with van der Waals surface area (Å²) in [5.74, 6) is 0.650. The summed E-state index contributed by atoms with van der Waals surface area (Å²) >= 11 is 1.62. The average molecular weight is 399 g/mol. The summed E-state index contributed by atoms with van der Waals surface area (Å²) in [6, 6.07) is 6.01. The molecule has 1 aromatic carbocycles. The molecule has 5 nitrogen and oxygen atoms in total. The van der Waals surface area contributed by atoms with E-state index in [1.54, 1.807) is 36.0 Å².